The summed E-state index contributed by atoms with van der Waals surface area (Å²) in [4.78, 5) is 52.0. The number of hydrogen-bond acceptors (Lipinski definition) is 6. The second kappa shape index (κ2) is 16.8. The van der Waals surface area contributed by atoms with Gasteiger partial charge in [-0.3, -0.25) is 14.5 Å². The van der Waals surface area contributed by atoms with Gasteiger partial charge in [0.1, 0.15) is 0 Å². The Hall–Kier alpha value is -3.76. The number of aryl methyl sites for hydroxylation is 1. The third-order valence-corrected chi connectivity index (χ3v) is 7.27. The molecule has 1 amide bonds. The fourth-order valence-electron chi connectivity index (χ4n) is 5.12. The van der Waals surface area contributed by atoms with Gasteiger partial charge in [-0.25, -0.2) is 9.59 Å². The summed E-state index contributed by atoms with van der Waals surface area (Å²) >= 11 is 0. The van der Waals surface area contributed by atoms with Crippen molar-refractivity contribution in [3.63, 3.8) is 0 Å². The van der Waals surface area contributed by atoms with E-state index in [2.05, 4.69) is 40.1 Å². The number of halogens is 2. The van der Waals surface area contributed by atoms with Crippen LogP contribution in [0.25, 0.3) is 0 Å². The Labute approximate surface area is 263 Å². The van der Waals surface area contributed by atoms with Crippen molar-refractivity contribution in [3.05, 3.63) is 101 Å². The SMILES string of the molecule is Cc1cc(C(=O)O)cc(C(=O)O)c1.Cl.Cl.O=C1C(=O)N(CCCCN2CCN(Cc3ccccc3)CC2)c2ccccc21. The molecule has 0 aromatic heterocycles. The lowest BCUT2D eigenvalue weighted by Gasteiger charge is -2.34. The molecular weight excluding hydrogens is 593 g/mol. The van der Waals surface area contributed by atoms with E-state index in [-0.39, 0.29) is 47.6 Å². The molecule has 0 unspecified atom stereocenters. The Morgan fingerprint density at radius 1 is 0.721 bits per heavy atom. The number of carbonyl (C=O) groups excluding carboxylic acids is 2. The number of carboxylic acids is 2. The zero-order valence-corrected chi connectivity index (χ0v) is 25.6. The molecular formula is C32H37Cl2N3O6. The van der Waals surface area contributed by atoms with E-state index in [1.54, 1.807) is 17.9 Å². The normalized spacial score (nSPS) is 14.6. The number of hydrogen-bond donors (Lipinski definition) is 2. The van der Waals surface area contributed by atoms with E-state index >= 15 is 0 Å². The first-order chi connectivity index (χ1) is 19.7. The van der Waals surface area contributed by atoms with E-state index in [4.69, 9.17) is 10.2 Å². The number of aromatic carboxylic acids is 2. The number of fused-ring (bicyclic) bond motifs is 1. The minimum Gasteiger partial charge on any atom is -0.478 e. The summed E-state index contributed by atoms with van der Waals surface area (Å²) in [7, 11) is 0. The lowest BCUT2D eigenvalue weighted by Crippen LogP contribution is -2.46. The van der Waals surface area contributed by atoms with Crippen LogP contribution in [0.2, 0.25) is 0 Å². The van der Waals surface area contributed by atoms with E-state index < -0.39 is 11.9 Å². The zero-order chi connectivity index (χ0) is 29.4. The van der Waals surface area contributed by atoms with Crippen molar-refractivity contribution in [2.24, 2.45) is 0 Å². The van der Waals surface area contributed by atoms with Gasteiger partial charge >= 0.3 is 11.9 Å². The summed E-state index contributed by atoms with van der Waals surface area (Å²) in [6, 6.07) is 21.9. The number of rotatable bonds is 9. The van der Waals surface area contributed by atoms with E-state index in [9.17, 15) is 19.2 Å². The number of piperazine rings is 1. The van der Waals surface area contributed by atoms with Gasteiger partial charge in [0, 0.05) is 39.3 Å². The summed E-state index contributed by atoms with van der Waals surface area (Å²) in [5.74, 6) is -2.99. The molecule has 0 radical (unpaired) electrons. The molecule has 9 nitrogen and oxygen atoms in total. The molecule has 1 saturated heterocycles. The van der Waals surface area contributed by atoms with E-state index in [1.165, 1.54) is 17.7 Å². The number of unbranched alkanes of at least 4 members (excludes halogenated alkanes) is 1. The van der Waals surface area contributed by atoms with Gasteiger partial charge in [-0.1, -0.05) is 42.5 Å². The van der Waals surface area contributed by atoms with Crippen molar-refractivity contribution < 1.29 is 29.4 Å². The number of carbonyl (C=O) groups is 4. The number of Topliss-reactive ketones (excluding diaryl/α,β-unsaturated/α-hetero) is 1. The minimum atomic E-state index is -1.12. The van der Waals surface area contributed by atoms with Crippen LogP contribution in [0.5, 0.6) is 0 Å². The van der Waals surface area contributed by atoms with Gasteiger partial charge in [-0.2, -0.15) is 0 Å². The average Bonchev–Trinajstić information content (AvgIpc) is 3.21. The molecule has 3 aromatic carbocycles. The molecule has 0 bridgehead atoms. The van der Waals surface area contributed by atoms with Gasteiger partial charge in [0.25, 0.3) is 11.7 Å². The van der Waals surface area contributed by atoms with Gasteiger partial charge in [0.2, 0.25) is 0 Å². The smallest absolute Gasteiger partial charge is 0.335 e. The maximum Gasteiger partial charge on any atom is 0.335 e. The van der Waals surface area contributed by atoms with Gasteiger partial charge in [-0.15, -0.1) is 24.8 Å². The first-order valence-electron chi connectivity index (χ1n) is 13.7. The summed E-state index contributed by atoms with van der Waals surface area (Å²) in [5.41, 5.74) is 3.31. The fraction of sp³-hybridized carbons (Fsp3) is 0.312. The van der Waals surface area contributed by atoms with Crippen LogP contribution >= 0.6 is 24.8 Å². The standard InChI is InChI=1S/C23H27N3O2.C9H8O4.2ClH/c27-22-20-10-4-5-11-21(20)26(23(22)28)13-7-6-12-24-14-16-25(17-15-24)18-19-8-2-1-3-9-19;1-5-2-6(8(10)11)4-7(3-5)9(12)13;;/h1-5,8-11H,6-7,12-18H2;2-4H,1H3,(H,10,11)(H,12,13);2*1H. The molecule has 43 heavy (non-hydrogen) atoms. The van der Waals surface area contributed by atoms with E-state index in [1.807, 2.05) is 18.2 Å². The predicted octanol–water partition coefficient (Wildman–Crippen LogP) is 5.05. The number of para-hydroxylation sites is 1. The van der Waals surface area contributed by atoms with Crippen molar-refractivity contribution >= 4 is 54.1 Å². The molecule has 11 heteroatoms. The second-order valence-corrected chi connectivity index (χ2v) is 10.3. The van der Waals surface area contributed by atoms with Crippen LogP contribution in [0.4, 0.5) is 5.69 Å². The molecule has 2 heterocycles. The van der Waals surface area contributed by atoms with Gasteiger partial charge < -0.3 is 20.0 Å². The first kappa shape index (κ1) is 35.4. The molecule has 2 aliphatic heterocycles. The minimum absolute atomic E-state index is 0. The number of ketones is 1. The van der Waals surface area contributed by atoms with Gasteiger partial charge in [0.15, 0.2) is 0 Å². The third-order valence-electron chi connectivity index (χ3n) is 7.27. The zero-order valence-electron chi connectivity index (χ0n) is 24.0. The average molecular weight is 631 g/mol. The van der Waals surface area contributed by atoms with Gasteiger partial charge in [0.05, 0.1) is 22.4 Å². The maximum atomic E-state index is 12.2. The van der Waals surface area contributed by atoms with Crippen LogP contribution < -0.4 is 4.90 Å². The summed E-state index contributed by atoms with van der Waals surface area (Å²) in [5, 5.41) is 17.2. The summed E-state index contributed by atoms with van der Waals surface area (Å²) in [6.07, 6.45) is 1.95. The highest BCUT2D eigenvalue weighted by Gasteiger charge is 2.34. The molecule has 0 saturated carbocycles. The van der Waals surface area contributed by atoms with Crippen molar-refractivity contribution in [2.75, 3.05) is 44.2 Å². The van der Waals surface area contributed by atoms with Crippen molar-refractivity contribution in [1.82, 2.24) is 9.80 Å². The first-order valence-corrected chi connectivity index (χ1v) is 13.7. The van der Waals surface area contributed by atoms with Gasteiger partial charge in [-0.05, 0) is 67.8 Å². The molecule has 0 atom stereocenters. The topological polar surface area (TPSA) is 118 Å². The van der Waals surface area contributed by atoms with Crippen LogP contribution in [0.1, 0.15) is 55.0 Å². The van der Waals surface area contributed by atoms with Crippen LogP contribution in [0.15, 0.2) is 72.8 Å². The third kappa shape index (κ3) is 9.62. The Balaban J connectivity index is 0.000000367. The Morgan fingerprint density at radius 2 is 1.26 bits per heavy atom. The number of amides is 1. The lowest BCUT2D eigenvalue weighted by molar-refractivity contribution is -0.114. The molecule has 3 aromatic rings. The highest BCUT2D eigenvalue weighted by atomic mass is 35.5. The summed E-state index contributed by atoms with van der Waals surface area (Å²) in [6.45, 7) is 8.74. The highest BCUT2D eigenvalue weighted by Crippen LogP contribution is 2.28. The van der Waals surface area contributed by atoms with Crippen LogP contribution in [-0.2, 0) is 11.3 Å². The highest BCUT2D eigenvalue weighted by molar-refractivity contribution is 6.52. The predicted molar refractivity (Wildman–Crippen MR) is 170 cm³/mol. The Kier molecular flexibility index (Phi) is 13.8. The second-order valence-electron chi connectivity index (χ2n) is 10.3. The lowest BCUT2D eigenvalue weighted by atomic mass is 10.1. The largest absolute Gasteiger partial charge is 0.478 e. The Morgan fingerprint density at radius 3 is 1.86 bits per heavy atom. The molecule has 5 rings (SSSR count). The van der Waals surface area contributed by atoms with Crippen LogP contribution in [-0.4, -0.2) is 82.9 Å². The van der Waals surface area contributed by atoms with Crippen LogP contribution in [0, 0.1) is 6.92 Å². The molecule has 2 aliphatic rings. The number of nitrogens with zero attached hydrogens (tertiary/aromatic N) is 3. The fourth-order valence-corrected chi connectivity index (χ4v) is 5.12. The molecule has 230 valence electrons. The van der Waals surface area contributed by atoms with Crippen molar-refractivity contribution in [1.29, 1.82) is 0 Å². The van der Waals surface area contributed by atoms with E-state index in [0.29, 0.717) is 17.7 Å². The Bertz CT molecular complexity index is 1380. The van der Waals surface area contributed by atoms with E-state index in [0.717, 1.165) is 63.9 Å². The quantitative estimate of drug-likeness (QED) is 0.249. The molecule has 0 spiro atoms. The van der Waals surface area contributed by atoms with Crippen molar-refractivity contribution in [3.8, 4) is 0 Å². The molecule has 1 fully saturated rings. The molecule has 2 N–H and O–H groups in total. The summed E-state index contributed by atoms with van der Waals surface area (Å²) < 4.78 is 0. The van der Waals surface area contributed by atoms with Crippen molar-refractivity contribution in [2.45, 2.75) is 26.3 Å². The molecule has 0 aliphatic carbocycles. The monoisotopic (exact) mass is 629 g/mol. The maximum absolute atomic E-state index is 12.2. The van der Waals surface area contributed by atoms with Crippen LogP contribution in [0.3, 0.4) is 0 Å². The number of anilines is 1. The number of carboxylic acid groups (broad SMARTS) is 2. The number of benzene rings is 3.